The number of hydrogen-bond acceptors (Lipinski definition) is 3. The average Bonchev–Trinajstić information content (AvgIpc) is 2.40. The molecule has 0 aromatic heterocycles. The third kappa shape index (κ3) is 4.40. The van der Waals surface area contributed by atoms with Crippen LogP contribution < -0.4 is 6.15 Å². The van der Waals surface area contributed by atoms with Crippen molar-refractivity contribution in [2.45, 2.75) is 0 Å². The number of hydrogen-bond donors (Lipinski definition) is 0. The van der Waals surface area contributed by atoms with Crippen molar-refractivity contribution in [3.63, 3.8) is 0 Å². The first kappa shape index (κ1) is 13.0. The first-order valence-corrected chi connectivity index (χ1v) is 11.7. The van der Waals surface area contributed by atoms with Gasteiger partial charge in [0.1, 0.15) is 0 Å². The van der Waals surface area contributed by atoms with E-state index in [1.165, 1.54) is 0 Å². The molecule has 3 nitrogen and oxygen atoms in total. The summed E-state index contributed by atoms with van der Waals surface area (Å²) in [5.41, 5.74) is 0. The van der Waals surface area contributed by atoms with Crippen molar-refractivity contribution in [2.75, 3.05) is 0 Å². The molecule has 0 aliphatic heterocycles. The zero-order valence-corrected chi connectivity index (χ0v) is 18.6. The van der Waals surface area contributed by atoms with Crippen LogP contribution in [0.3, 0.4) is 0 Å². The fourth-order valence-corrected chi connectivity index (χ4v) is 7.88. The maximum atomic E-state index is 5.79. The summed E-state index contributed by atoms with van der Waals surface area (Å²) in [7, 11) is 0. The van der Waals surface area contributed by atoms with Gasteiger partial charge < -0.3 is 0 Å². The summed E-state index contributed by atoms with van der Waals surface area (Å²) in [4.78, 5) is 0. The van der Waals surface area contributed by atoms with E-state index in [0.717, 1.165) is 11.5 Å². The average molecular weight is 444 g/mol. The Balaban J connectivity index is 1.98. The second-order valence-electron chi connectivity index (χ2n) is 3.39. The predicted octanol–water partition coefficient (Wildman–Crippen LogP) is 1.16. The number of rotatable bonds is 5. The van der Waals surface area contributed by atoms with Crippen molar-refractivity contribution in [3.8, 4) is 11.5 Å². The minimum atomic E-state index is -2.80. The molecule has 5 heteroatoms. The molecule has 0 spiro atoms. The van der Waals surface area contributed by atoms with Crippen LogP contribution in [0.15, 0.2) is 60.7 Å². The summed E-state index contributed by atoms with van der Waals surface area (Å²) in [6, 6.07) is 19.4. The fraction of sp³-hybridized carbons (Fsp3) is 0. The van der Waals surface area contributed by atoms with Crippen molar-refractivity contribution >= 4 is 43.9 Å². The van der Waals surface area contributed by atoms with E-state index >= 15 is 0 Å². The molecular formula is C12H14O3Sn2. The molecule has 2 aromatic rings. The summed E-state index contributed by atoms with van der Waals surface area (Å²) < 4.78 is 17.1. The molecule has 88 valence electrons. The molecule has 0 N–H and O–H groups in total. The Morgan fingerprint density at radius 2 is 1.12 bits per heavy atom. The summed E-state index contributed by atoms with van der Waals surface area (Å²) >= 11 is -2.67. The molecule has 0 aliphatic rings. The van der Waals surface area contributed by atoms with Crippen molar-refractivity contribution in [1.29, 1.82) is 0 Å². The second-order valence-corrected chi connectivity index (χ2v) is 16.8. The summed E-state index contributed by atoms with van der Waals surface area (Å²) in [5.74, 6) is 1.66. The van der Waals surface area contributed by atoms with Crippen molar-refractivity contribution in [2.24, 2.45) is 0 Å². The Kier molecular flexibility index (Phi) is 5.47. The van der Waals surface area contributed by atoms with E-state index in [-0.39, 0.29) is 22.9 Å². The van der Waals surface area contributed by atoms with Crippen LogP contribution in [0.1, 0.15) is 0 Å². The van der Waals surface area contributed by atoms with Crippen molar-refractivity contribution < 1.29 is 7.56 Å². The van der Waals surface area contributed by atoms with Gasteiger partial charge in [-0.25, -0.2) is 0 Å². The Morgan fingerprint density at radius 1 is 0.706 bits per heavy atom. The summed E-state index contributed by atoms with van der Waals surface area (Å²) in [6.07, 6.45) is 0. The van der Waals surface area contributed by atoms with Gasteiger partial charge in [0, 0.05) is 0 Å². The molecule has 2 aromatic carbocycles. The molecule has 0 atom stereocenters. The minimum absolute atomic E-state index is 0.128. The van der Waals surface area contributed by atoms with Gasteiger partial charge in [-0.2, -0.15) is 0 Å². The Bertz CT molecular complexity index is 395. The van der Waals surface area contributed by atoms with Gasteiger partial charge in [-0.3, -0.25) is 0 Å². The number of para-hydroxylation sites is 2. The van der Waals surface area contributed by atoms with Crippen LogP contribution >= 0.6 is 0 Å². The normalized spacial score (nSPS) is 10.4. The molecule has 0 unspecified atom stereocenters. The third-order valence-electron chi connectivity index (χ3n) is 2.14. The predicted molar refractivity (Wildman–Crippen MR) is 72.3 cm³/mol. The standard InChI is InChI=1S/2C6H6O.O.2Sn.4H/c2*7-6-4-2-1-3-5-6;;;;;;;/h2*1-5,7H;;;;;;;/q;;;;+2;;;;/p-2. The molecule has 0 fully saturated rings. The first-order chi connectivity index (χ1) is 8.38. The van der Waals surface area contributed by atoms with E-state index in [2.05, 4.69) is 0 Å². The molecule has 0 saturated heterocycles. The van der Waals surface area contributed by atoms with Gasteiger partial charge in [-0.1, -0.05) is 0 Å². The fourth-order valence-electron chi connectivity index (χ4n) is 1.34. The van der Waals surface area contributed by atoms with Gasteiger partial charge in [0.2, 0.25) is 0 Å². The monoisotopic (exact) mass is 446 g/mol. The Hall–Kier alpha value is -0.403. The van der Waals surface area contributed by atoms with E-state index in [1.807, 2.05) is 60.7 Å². The van der Waals surface area contributed by atoms with Crippen LogP contribution in [0, 0.1) is 0 Å². The molecule has 0 bridgehead atoms. The molecule has 0 amide bonds. The van der Waals surface area contributed by atoms with E-state index in [0.29, 0.717) is 0 Å². The van der Waals surface area contributed by atoms with Crippen molar-refractivity contribution in [3.05, 3.63) is 60.7 Å². The Morgan fingerprint density at radius 3 is 1.47 bits per heavy atom. The zero-order valence-electron chi connectivity index (χ0n) is 9.58. The molecule has 0 saturated carbocycles. The summed E-state index contributed by atoms with van der Waals surface area (Å²) in [6.45, 7) is 0. The molecule has 0 radical (unpaired) electrons. The quantitative estimate of drug-likeness (QED) is 0.649. The summed E-state index contributed by atoms with van der Waals surface area (Å²) in [5, 5.41) is 0. The third-order valence-corrected chi connectivity index (χ3v) is 13.3. The topological polar surface area (TPSA) is 27.7 Å². The van der Waals surface area contributed by atoms with E-state index in [9.17, 15) is 0 Å². The van der Waals surface area contributed by atoms with Crippen LogP contribution in [0.4, 0.5) is 0 Å². The van der Waals surface area contributed by atoms with Gasteiger partial charge in [-0.05, 0) is 0 Å². The van der Waals surface area contributed by atoms with Crippen LogP contribution in [-0.4, -0.2) is 43.9 Å². The van der Waals surface area contributed by atoms with E-state index < -0.39 is 21.0 Å². The van der Waals surface area contributed by atoms with Gasteiger partial charge in [-0.15, -0.1) is 0 Å². The zero-order chi connectivity index (χ0) is 11.9. The van der Waals surface area contributed by atoms with Gasteiger partial charge in [0.25, 0.3) is 0 Å². The van der Waals surface area contributed by atoms with Crippen LogP contribution in [-0.2, 0) is 1.41 Å². The van der Waals surface area contributed by atoms with Gasteiger partial charge in [0.15, 0.2) is 0 Å². The number of benzene rings is 2. The van der Waals surface area contributed by atoms with Crippen LogP contribution in [0.5, 0.6) is 11.5 Å². The molecule has 17 heavy (non-hydrogen) atoms. The van der Waals surface area contributed by atoms with Crippen molar-refractivity contribution in [1.82, 2.24) is 0 Å². The molecule has 0 aliphatic carbocycles. The van der Waals surface area contributed by atoms with Gasteiger partial charge >= 0.3 is 124 Å². The van der Waals surface area contributed by atoms with Crippen LogP contribution in [0.2, 0.25) is 0 Å². The molecular weight excluding hydrogens is 430 g/mol. The molecule has 0 heterocycles. The Labute approximate surface area is 123 Å². The van der Waals surface area contributed by atoms with Crippen LogP contribution in [0.25, 0.3) is 0 Å². The maximum absolute atomic E-state index is 5.79. The SMILES string of the molecule is [SnH3][O][SnH]([O]c1ccccc1)[O]c1ccccc1. The van der Waals surface area contributed by atoms with E-state index in [1.54, 1.807) is 0 Å². The second kappa shape index (κ2) is 7.13. The molecule has 2 rings (SSSR count). The van der Waals surface area contributed by atoms with Gasteiger partial charge in [0.05, 0.1) is 0 Å². The van der Waals surface area contributed by atoms with E-state index in [4.69, 9.17) is 7.56 Å². The first-order valence-electron chi connectivity index (χ1n) is 5.34.